The number of nitrogens with zero attached hydrogens (tertiary/aromatic N) is 1. The molecular weight excluding hydrogens is 280 g/mol. The van der Waals surface area contributed by atoms with E-state index in [2.05, 4.69) is 35.6 Å². The topological polar surface area (TPSA) is 34.1 Å². The maximum atomic E-state index is 5.81. The Morgan fingerprint density at radius 2 is 2.05 bits per heavy atom. The van der Waals surface area contributed by atoms with Crippen molar-refractivity contribution in [3.8, 4) is 11.3 Å². The van der Waals surface area contributed by atoms with Crippen LogP contribution in [0.3, 0.4) is 0 Å². The van der Waals surface area contributed by atoms with Gasteiger partial charge in [-0.1, -0.05) is 30.3 Å². The molecule has 1 N–H and O–H groups in total. The van der Waals surface area contributed by atoms with Crippen molar-refractivity contribution in [2.45, 2.75) is 44.4 Å². The molecule has 0 bridgehead atoms. The fourth-order valence-corrected chi connectivity index (χ4v) is 3.87. The van der Waals surface area contributed by atoms with Crippen LogP contribution in [0, 0.1) is 0 Å². The maximum absolute atomic E-state index is 5.81. The summed E-state index contributed by atoms with van der Waals surface area (Å²) in [5, 5.41) is 4.77. The monoisotopic (exact) mass is 300 g/mol. The molecule has 1 aromatic carbocycles. The van der Waals surface area contributed by atoms with E-state index in [-0.39, 0.29) is 6.10 Å². The van der Waals surface area contributed by atoms with Crippen LogP contribution in [-0.4, -0.2) is 17.6 Å². The molecule has 4 heteroatoms. The van der Waals surface area contributed by atoms with Crippen LogP contribution in [-0.2, 0) is 11.3 Å². The first-order valence-corrected chi connectivity index (χ1v) is 8.62. The summed E-state index contributed by atoms with van der Waals surface area (Å²) in [6.07, 6.45) is 5.11. The van der Waals surface area contributed by atoms with Crippen LogP contribution < -0.4 is 5.32 Å². The fraction of sp³-hybridized carbons (Fsp3) is 0.471. The molecule has 3 nitrogen and oxygen atoms in total. The van der Waals surface area contributed by atoms with Crippen molar-refractivity contribution >= 4 is 11.3 Å². The molecular formula is C17H20N2OS. The van der Waals surface area contributed by atoms with Gasteiger partial charge >= 0.3 is 0 Å². The first-order chi connectivity index (χ1) is 10.4. The van der Waals surface area contributed by atoms with E-state index < -0.39 is 0 Å². The maximum Gasteiger partial charge on any atom is 0.123 e. The molecule has 110 valence electrons. The molecule has 2 aliphatic rings. The van der Waals surface area contributed by atoms with Gasteiger partial charge in [0.05, 0.1) is 5.69 Å². The van der Waals surface area contributed by atoms with Crippen molar-refractivity contribution < 1.29 is 4.74 Å². The van der Waals surface area contributed by atoms with Crippen molar-refractivity contribution in [1.82, 2.24) is 10.3 Å². The molecule has 1 saturated carbocycles. The van der Waals surface area contributed by atoms with Crippen molar-refractivity contribution in [3.05, 3.63) is 40.2 Å². The summed E-state index contributed by atoms with van der Waals surface area (Å²) < 4.78 is 5.81. The van der Waals surface area contributed by atoms with E-state index in [9.17, 15) is 0 Å². The van der Waals surface area contributed by atoms with E-state index in [1.54, 1.807) is 0 Å². The largest absolute Gasteiger partial charge is 0.371 e. The van der Waals surface area contributed by atoms with E-state index in [1.165, 1.54) is 23.3 Å². The Bertz CT molecular complexity index is 601. The number of aromatic nitrogens is 1. The lowest BCUT2D eigenvalue weighted by Gasteiger charge is -2.03. The number of thiazole rings is 1. The van der Waals surface area contributed by atoms with Gasteiger partial charge in [-0.05, 0) is 25.7 Å². The van der Waals surface area contributed by atoms with E-state index in [0.29, 0.717) is 0 Å². The number of ether oxygens (including phenoxy) is 1. The average molecular weight is 300 g/mol. The second-order valence-corrected chi connectivity index (χ2v) is 6.96. The molecule has 4 rings (SSSR count). The van der Waals surface area contributed by atoms with Crippen LogP contribution in [0.4, 0.5) is 0 Å². The van der Waals surface area contributed by atoms with E-state index in [4.69, 9.17) is 9.72 Å². The molecule has 1 unspecified atom stereocenters. The fourth-order valence-electron chi connectivity index (χ4n) is 2.75. The zero-order valence-electron chi connectivity index (χ0n) is 12.0. The lowest BCUT2D eigenvalue weighted by molar-refractivity contribution is 0.112. The molecule has 1 aliphatic carbocycles. The second kappa shape index (κ2) is 5.87. The van der Waals surface area contributed by atoms with Crippen molar-refractivity contribution in [1.29, 1.82) is 0 Å². The SMILES string of the molecule is c1ccc(-c2nc(C3CCCO3)sc2CNC2CC2)cc1. The third-order valence-corrected chi connectivity index (χ3v) is 5.24. The molecule has 0 spiro atoms. The Morgan fingerprint density at radius 3 is 2.76 bits per heavy atom. The Balaban J connectivity index is 1.64. The van der Waals surface area contributed by atoms with Crippen LogP contribution in [0.15, 0.2) is 30.3 Å². The standard InChI is InChI=1S/C17H20N2OS/c1-2-5-12(6-3-1)16-15(11-18-13-8-9-13)21-17(19-16)14-7-4-10-20-14/h1-3,5-6,13-14,18H,4,7-11H2. The second-order valence-electron chi connectivity index (χ2n) is 5.85. The number of hydrogen-bond donors (Lipinski definition) is 1. The Hall–Kier alpha value is -1.23. The first-order valence-electron chi connectivity index (χ1n) is 7.80. The number of nitrogens with one attached hydrogen (secondary N) is 1. The summed E-state index contributed by atoms with van der Waals surface area (Å²) in [6, 6.07) is 11.2. The van der Waals surface area contributed by atoms with E-state index >= 15 is 0 Å². The van der Waals surface area contributed by atoms with Crippen molar-refractivity contribution in [3.63, 3.8) is 0 Å². The highest BCUT2D eigenvalue weighted by molar-refractivity contribution is 7.12. The minimum Gasteiger partial charge on any atom is -0.371 e. The smallest absolute Gasteiger partial charge is 0.123 e. The molecule has 0 amide bonds. The van der Waals surface area contributed by atoms with E-state index in [1.807, 2.05) is 11.3 Å². The first kappa shape index (κ1) is 13.4. The highest BCUT2D eigenvalue weighted by Gasteiger charge is 2.25. The normalized spacial score (nSPS) is 21.8. The number of hydrogen-bond acceptors (Lipinski definition) is 4. The molecule has 21 heavy (non-hydrogen) atoms. The lowest BCUT2D eigenvalue weighted by Crippen LogP contribution is -2.14. The number of benzene rings is 1. The Morgan fingerprint density at radius 1 is 1.19 bits per heavy atom. The molecule has 1 aliphatic heterocycles. The minimum absolute atomic E-state index is 0.215. The molecule has 1 saturated heterocycles. The highest BCUT2D eigenvalue weighted by Crippen LogP contribution is 2.36. The predicted octanol–water partition coefficient (Wildman–Crippen LogP) is 3.91. The van der Waals surface area contributed by atoms with Crippen LogP contribution >= 0.6 is 11.3 Å². The third kappa shape index (κ3) is 3.03. The summed E-state index contributed by atoms with van der Waals surface area (Å²) in [6.45, 7) is 1.81. The third-order valence-electron chi connectivity index (χ3n) is 4.09. The number of rotatable bonds is 5. The predicted molar refractivity (Wildman–Crippen MR) is 85.3 cm³/mol. The Labute approximate surface area is 129 Å². The van der Waals surface area contributed by atoms with Gasteiger partial charge in [0.15, 0.2) is 0 Å². The summed E-state index contributed by atoms with van der Waals surface area (Å²) in [5.74, 6) is 0. The van der Waals surface area contributed by atoms with E-state index in [0.717, 1.165) is 42.7 Å². The summed E-state index contributed by atoms with van der Waals surface area (Å²) in [4.78, 5) is 6.26. The van der Waals surface area contributed by atoms with Gasteiger partial charge in [0, 0.05) is 29.6 Å². The van der Waals surface area contributed by atoms with Gasteiger partial charge in [-0.15, -0.1) is 11.3 Å². The Kier molecular flexibility index (Phi) is 3.76. The van der Waals surface area contributed by atoms with Crippen LogP contribution in [0.1, 0.15) is 41.7 Å². The van der Waals surface area contributed by atoms with Crippen molar-refractivity contribution in [2.75, 3.05) is 6.61 Å². The minimum atomic E-state index is 0.215. The molecule has 1 aromatic heterocycles. The highest BCUT2D eigenvalue weighted by atomic mass is 32.1. The van der Waals surface area contributed by atoms with Crippen molar-refractivity contribution in [2.24, 2.45) is 0 Å². The van der Waals surface area contributed by atoms with Gasteiger partial charge in [-0.3, -0.25) is 0 Å². The van der Waals surface area contributed by atoms with Gasteiger partial charge in [0.25, 0.3) is 0 Å². The lowest BCUT2D eigenvalue weighted by atomic mass is 10.1. The quantitative estimate of drug-likeness (QED) is 0.909. The van der Waals surface area contributed by atoms with Crippen LogP contribution in [0.2, 0.25) is 0 Å². The van der Waals surface area contributed by atoms with Gasteiger partial charge in [-0.25, -0.2) is 4.98 Å². The summed E-state index contributed by atoms with van der Waals surface area (Å²) in [7, 11) is 0. The van der Waals surface area contributed by atoms with Gasteiger partial charge in [0.2, 0.25) is 0 Å². The van der Waals surface area contributed by atoms with Crippen LogP contribution in [0.25, 0.3) is 11.3 Å². The van der Waals surface area contributed by atoms with Crippen LogP contribution in [0.5, 0.6) is 0 Å². The molecule has 2 fully saturated rings. The van der Waals surface area contributed by atoms with Gasteiger partial charge < -0.3 is 10.1 Å². The average Bonchev–Trinajstić information content (AvgIpc) is 3.03. The molecule has 1 atom stereocenters. The zero-order valence-corrected chi connectivity index (χ0v) is 12.9. The summed E-state index contributed by atoms with van der Waals surface area (Å²) in [5.41, 5.74) is 2.35. The van der Waals surface area contributed by atoms with Gasteiger partial charge in [-0.2, -0.15) is 0 Å². The molecule has 0 radical (unpaired) electrons. The zero-order chi connectivity index (χ0) is 14.1. The molecule has 2 heterocycles. The summed E-state index contributed by atoms with van der Waals surface area (Å²) >= 11 is 1.82. The molecule has 2 aromatic rings. The van der Waals surface area contributed by atoms with Gasteiger partial charge in [0.1, 0.15) is 11.1 Å².